The van der Waals surface area contributed by atoms with Gasteiger partial charge in [0.05, 0.1) is 15.8 Å². The van der Waals surface area contributed by atoms with Gasteiger partial charge in [0.2, 0.25) is 0 Å². The quantitative estimate of drug-likeness (QED) is 0.634. The molecule has 4 nitrogen and oxygen atoms in total. The maximum absolute atomic E-state index is 13.6. The zero-order chi connectivity index (χ0) is 15.8. The Morgan fingerprint density at radius 3 is 2.33 bits per heavy atom. The van der Waals surface area contributed by atoms with E-state index in [1.807, 2.05) is 4.72 Å². The van der Waals surface area contributed by atoms with Crippen molar-refractivity contribution in [1.29, 1.82) is 0 Å². The van der Waals surface area contributed by atoms with E-state index < -0.39 is 38.1 Å². The first kappa shape index (κ1) is 15.6. The highest BCUT2D eigenvalue weighted by molar-refractivity contribution is 9.10. The Morgan fingerprint density at radius 1 is 1.05 bits per heavy atom. The third kappa shape index (κ3) is 3.13. The highest BCUT2D eigenvalue weighted by Gasteiger charge is 2.24. The zero-order valence-corrected chi connectivity index (χ0v) is 12.6. The van der Waals surface area contributed by atoms with E-state index in [1.165, 1.54) is 12.1 Å². The first-order chi connectivity index (χ1) is 9.72. The second kappa shape index (κ2) is 5.57. The SMILES string of the molecule is Nc1cccc(F)c1S(=O)(=O)Nc1cc(Br)c(F)cc1F. The third-order valence-corrected chi connectivity index (χ3v) is 4.58. The molecular formula is C12H8BrF3N2O2S. The predicted molar refractivity (Wildman–Crippen MR) is 75.7 cm³/mol. The van der Waals surface area contributed by atoms with Crippen LogP contribution in [-0.2, 0) is 10.0 Å². The van der Waals surface area contributed by atoms with Crippen molar-refractivity contribution in [2.24, 2.45) is 0 Å². The summed E-state index contributed by atoms with van der Waals surface area (Å²) in [4.78, 5) is -0.801. The number of rotatable bonds is 3. The monoisotopic (exact) mass is 380 g/mol. The normalized spacial score (nSPS) is 11.4. The van der Waals surface area contributed by atoms with Crippen LogP contribution in [0.25, 0.3) is 0 Å². The van der Waals surface area contributed by atoms with E-state index in [-0.39, 0.29) is 10.2 Å². The summed E-state index contributed by atoms with van der Waals surface area (Å²) in [6, 6.07) is 4.71. The summed E-state index contributed by atoms with van der Waals surface area (Å²) in [5, 5.41) is 0. The maximum atomic E-state index is 13.6. The molecule has 0 aliphatic rings. The molecule has 0 radical (unpaired) electrons. The molecule has 2 aromatic rings. The Morgan fingerprint density at radius 2 is 1.71 bits per heavy atom. The molecule has 9 heteroatoms. The predicted octanol–water partition coefficient (Wildman–Crippen LogP) is 3.25. The summed E-state index contributed by atoms with van der Waals surface area (Å²) in [6.07, 6.45) is 0. The fourth-order valence-corrected chi connectivity index (χ4v) is 3.20. The van der Waals surface area contributed by atoms with Crippen molar-refractivity contribution >= 4 is 37.3 Å². The fraction of sp³-hybridized carbons (Fsp3) is 0. The molecular weight excluding hydrogens is 373 g/mol. The lowest BCUT2D eigenvalue weighted by Gasteiger charge is -2.12. The van der Waals surface area contributed by atoms with Gasteiger partial charge in [-0.3, -0.25) is 4.72 Å². The summed E-state index contributed by atoms with van der Waals surface area (Å²) >= 11 is 2.80. The minimum atomic E-state index is -4.46. The fourth-order valence-electron chi connectivity index (χ4n) is 1.61. The van der Waals surface area contributed by atoms with Crippen molar-refractivity contribution in [3.8, 4) is 0 Å². The molecule has 0 aromatic heterocycles. The molecule has 0 fully saturated rings. The van der Waals surface area contributed by atoms with Crippen molar-refractivity contribution in [1.82, 2.24) is 0 Å². The Kier molecular flexibility index (Phi) is 4.15. The topological polar surface area (TPSA) is 72.2 Å². The summed E-state index contributed by atoms with van der Waals surface area (Å²) in [7, 11) is -4.46. The van der Waals surface area contributed by atoms with E-state index in [0.717, 1.165) is 12.1 Å². The van der Waals surface area contributed by atoms with Crippen molar-refractivity contribution in [2.45, 2.75) is 4.90 Å². The molecule has 112 valence electrons. The van der Waals surface area contributed by atoms with Crippen LogP contribution in [0, 0.1) is 17.5 Å². The van der Waals surface area contributed by atoms with E-state index >= 15 is 0 Å². The van der Waals surface area contributed by atoms with Crippen LogP contribution in [0.3, 0.4) is 0 Å². The summed E-state index contributed by atoms with van der Waals surface area (Å²) < 4.78 is 66.1. The molecule has 0 heterocycles. The molecule has 3 N–H and O–H groups in total. The van der Waals surface area contributed by atoms with Crippen molar-refractivity contribution in [3.05, 3.63) is 52.3 Å². The Hall–Kier alpha value is -1.74. The van der Waals surface area contributed by atoms with Gasteiger partial charge in [-0.2, -0.15) is 0 Å². The van der Waals surface area contributed by atoms with Crippen LogP contribution < -0.4 is 10.5 Å². The number of sulfonamides is 1. The van der Waals surface area contributed by atoms with E-state index in [9.17, 15) is 21.6 Å². The maximum Gasteiger partial charge on any atom is 0.266 e. The van der Waals surface area contributed by atoms with E-state index in [4.69, 9.17) is 5.73 Å². The number of anilines is 2. The number of nitrogen functional groups attached to an aromatic ring is 1. The van der Waals surface area contributed by atoms with Crippen LogP contribution in [0.4, 0.5) is 24.5 Å². The van der Waals surface area contributed by atoms with Crippen molar-refractivity contribution in [2.75, 3.05) is 10.5 Å². The van der Waals surface area contributed by atoms with Gasteiger partial charge in [-0.15, -0.1) is 0 Å². The smallest absolute Gasteiger partial charge is 0.266 e. The zero-order valence-electron chi connectivity index (χ0n) is 10.2. The van der Waals surface area contributed by atoms with Crippen LogP contribution >= 0.6 is 15.9 Å². The van der Waals surface area contributed by atoms with Crippen LogP contribution in [0.2, 0.25) is 0 Å². The third-order valence-electron chi connectivity index (χ3n) is 2.52. The van der Waals surface area contributed by atoms with Gasteiger partial charge >= 0.3 is 0 Å². The van der Waals surface area contributed by atoms with Gasteiger partial charge < -0.3 is 5.73 Å². The summed E-state index contributed by atoms with van der Waals surface area (Å²) in [6.45, 7) is 0. The molecule has 0 aliphatic carbocycles. The number of halogens is 4. The first-order valence-corrected chi connectivity index (χ1v) is 7.71. The molecule has 21 heavy (non-hydrogen) atoms. The Bertz CT molecular complexity index is 792. The largest absolute Gasteiger partial charge is 0.398 e. The standard InChI is InChI=1S/C12H8BrF3N2O2S/c13-6-4-11(9(16)5-8(6)15)18-21(19,20)12-7(14)2-1-3-10(12)17/h1-5,18H,17H2. The second-order valence-corrected chi connectivity index (χ2v) is 6.48. The number of nitrogens with two attached hydrogens (primary N) is 1. The Labute approximate surface area is 127 Å². The molecule has 2 aromatic carbocycles. The van der Waals surface area contributed by atoms with Gasteiger partial charge in [-0.05, 0) is 34.1 Å². The van der Waals surface area contributed by atoms with Gasteiger partial charge in [0.15, 0.2) is 0 Å². The molecule has 0 saturated heterocycles. The minimum absolute atomic E-state index is 0.150. The molecule has 0 spiro atoms. The van der Waals surface area contributed by atoms with Crippen LogP contribution in [-0.4, -0.2) is 8.42 Å². The van der Waals surface area contributed by atoms with Gasteiger partial charge in [-0.1, -0.05) is 6.07 Å². The number of hydrogen-bond acceptors (Lipinski definition) is 3. The molecule has 0 amide bonds. The summed E-state index contributed by atoms with van der Waals surface area (Å²) in [5.41, 5.74) is 4.57. The number of nitrogens with one attached hydrogen (secondary N) is 1. The number of benzene rings is 2. The highest BCUT2D eigenvalue weighted by Crippen LogP contribution is 2.28. The molecule has 2 rings (SSSR count). The van der Waals surface area contributed by atoms with E-state index in [0.29, 0.717) is 6.07 Å². The van der Waals surface area contributed by atoms with Crippen molar-refractivity contribution < 1.29 is 21.6 Å². The minimum Gasteiger partial charge on any atom is -0.398 e. The second-order valence-electron chi connectivity index (χ2n) is 4.01. The van der Waals surface area contributed by atoms with Crippen molar-refractivity contribution in [3.63, 3.8) is 0 Å². The molecule has 0 saturated carbocycles. The van der Waals surface area contributed by atoms with E-state index in [1.54, 1.807) is 0 Å². The van der Waals surface area contributed by atoms with Crippen LogP contribution in [0.5, 0.6) is 0 Å². The number of hydrogen-bond donors (Lipinski definition) is 2. The lowest BCUT2D eigenvalue weighted by molar-refractivity contribution is 0.568. The van der Waals surface area contributed by atoms with Gasteiger partial charge in [-0.25, -0.2) is 21.6 Å². The summed E-state index contributed by atoms with van der Waals surface area (Å²) in [5.74, 6) is -3.13. The molecule has 0 aliphatic heterocycles. The van der Waals surface area contributed by atoms with Gasteiger partial charge in [0.25, 0.3) is 10.0 Å². The molecule has 0 atom stereocenters. The average molecular weight is 381 g/mol. The lowest BCUT2D eigenvalue weighted by Crippen LogP contribution is -2.17. The molecule has 0 unspecified atom stereocenters. The molecule has 0 bridgehead atoms. The van der Waals surface area contributed by atoms with Gasteiger partial charge in [0, 0.05) is 6.07 Å². The Balaban J connectivity index is 2.50. The van der Waals surface area contributed by atoms with Crippen LogP contribution in [0.1, 0.15) is 0 Å². The van der Waals surface area contributed by atoms with E-state index in [2.05, 4.69) is 15.9 Å². The van der Waals surface area contributed by atoms with Gasteiger partial charge in [0.1, 0.15) is 22.3 Å². The van der Waals surface area contributed by atoms with Crippen LogP contribution in [0.15, 0.2) is 39.7 Å². The average Bonchev–Trinajstić information content (AvgIpc) is 2.35. The lowest BCUT2D eigenvalue weighted by atomic mass is 10.3. The first-order valence-electron chi connectivity index (χ1n) is 5.43. The highest BCUT2D eigenvalue weighted by atomic mass is 79.9.